The highest BCUT2D eigenvalue weighted by atomic mass is 19.1. The van der Waals surface area contributed by atoms with Gasteiger partial charge in [-0.2, -0.15) is 0 Å². The lowest BCUT2D eigenvalue weighted by molar-refractivity contribution is -0.116. The molecular formula is C18H20FN3O. The lowest BCUT2D eigenvalue weighted by Gasteiger charge is -2.23. The number of halogens is 1. The Morgan fingerprint density at radius 2 is 2.22 bits per heavy atom. The van der Waals surface area contributed by atoms with Crippen LogP contribution in [0.1, 0.15) is 31.0 Å². The Labute approximate surface area is 135 Å². The zero-order chi connectivity index (χ0) is 16.1. The number of aromatic nitrogens is 1. The van der Waals surface area contributed by atoms with Gasteiger partial charge in [0.1, 0.15) is 5.82 Å². The molecule has 0 spiro atoms. The molecule has 3 rings (SSSR count). The van der Waals surface area contributed by atoms with E-state index in [2.05, 4.69) is 15.2 Å². The van der Waals surface area contributed by atoms with Gasteiger partial charge in [0.05, 0.1) is 11.7 Å². The molecule has 0 saturated carbocycles. The summed E-state index contributed by atoms with van der Waals surface area (Å²) in [5, 5.41) is 2.74. The van der Waals surface area contributed by atoms with Gasteiger partial charge in [0.2, 0.25) is 5.91 Å². The van der Waals surface area contributed by atoms with Crippen LogP contribution < -0.4 is 5.32 Å². The summed E-state index contributed by atoms with van der Waals surface area (Å²) in [6.45, 7) is 1.66. The summed E-state index contributed by atoms with van der Waals surface area (Å²) in [7, 11) is 0. The summed E-state index contributed by atoms with van der Waals surface area (Å²) < 4.78 is 13.1. The van der Waals surface area contributed by atoms with Gasteiger partial charge in [-0.1, -0.05) is 12.1 Å². The van der Waals surface area contributed by atoms with Crippen molar-refractivity contribution in [2.75, 3.05) is 18.4 Å². The largest absolute Gasteiger partial charge is 0.326 e. The molecule has 1 amide bonds. The second-order valence-electron chi connectivity index (χ2n) is 5.76. The van der Waals surface area contributed by atoms with Crippen LogP contribution in [0.4, 0.5) is 10.1 Å². The van der Waals surface area contributed by atoms with Crippen LogP contribution in [0.25, 0.3) is 0 Å². The van der Waals surface area contributed by atoms with Crippen molar-refractivity contribution < 1.29 is 9.18 Å². The summed E-state index contributed by atoms with van der Waals surface area (Å²) in [5.74, 6) is -0.445. The number of hydrogen-bond acceptors (Lipinski definition) is 3. The molecule has 2 heterocycles. The van der Waals surface area contributed by atoms with E-state index in [1.54, 1.807) is 12.1 Å². The number of hydrogen-bond donors (Lipinski definition) is 1. The molecule has 1 N–H and O–H groups in total. The van der Waals surface area contributed by atoms with Crippen LogP contribution in [0.3, 0.4) is 0 Å². The molecule has 23 heavy (non-hydrogen) atoms. The van der Waals surface area contributed by atoms with Crippen LogP contribution in [0.2, 0.25) is 0 Å². The molecule has 0 bridgehead atoms. The van der Waals surface area contributed by atoms with Gasteiger partial charge >= 0.3 is 0 Å². The summed E-state index contributed by atoms with van der Waals surface area (Å²) in [5.41, 5.74) is 1.56. The third-order valence-electron chi connectivity index (χ3n) is 4.13. The van der Waals surface area contributed by atoms with Crippen molar-refractivity contribution in [2.45, 2.75) is 25.3 Å². The Kier molecular flexibility index (Phi) is 4.98. The Hall–Kier alpha value is -2.27. The highest BCUT2D eigenvalue weighted by Crippen LogP contribution is 2.30. The van der Waals surface area contributed by atoms with E-state index in [-0.39, 0.29) is 17.8 Å². The van der Waals surface area contributed by atoms with Crippen molar-refractivity contribution in [3.63, 3.8) is 0 Å². The van der Waals surface area contributed by atoms with E-state index in [1.165, 1.54) is 12.1 Å². The molecule has 0 aliphatic carbocycles. The van der Waals surface area contributed by atoms with Crippen LogP contribution in [0.5, 0.6) is 0 Å². The SMILES string of the molecule is O=C(CCN1CCC[C@@H]1c1ccccn1)Nc1cccc(F)c1. The molecule has 1 aliphatic rings. The maximum absolute atomic E-state index is 13.1. The van der Waals surface area contributed by atoms with E-state index < -0.39 is 0 Å². The Bertz CT molecular complexity index is 662. The van der Waals surface area contributed by atoms with Crippen molar-refractivity contribution >= 4 is 11.6 Å². The number of rotatable bonds is 5. The second-order valence-corrected chi connectivity index (χ2v) is 5.76. The minimum Gasteiger partial charge on any atom is -0.326 e. The summed E-state index contributed by atoms with van der Waals surface area (Å²) in [4.78, 5) is 18.8. The van der Waals surface area contributed by atoms with Gasteiger partial charge in [-0.15, -0.1) is 0 Å². The maximum atomic E-state index is 13.1. The first-order chi connectivity index (χ1) is 11.2. The zero-order valence-electron chi connectivity index (χ0n) is 12.9. The molecule has 1 fully saturated rings. The van der Waals surface area contributed by atoms with Crippen LogP contribution in [-0.2, 0) is 4.79 Å². The number of pyridine rings is 1. The number of carbonyl (C=O) groups is 1. The topological polar surface area (TPSA) is 45.2 Å². The lowest BCUT2D eigenvalue weighted by Crippen LogP contribution is -2.28. The van der Waals surface area contributed by atoms with E-state index >= 15 is 0 Å². The fourth-order valence-electron chi connectivity index (χ4n) is 3.04. The lowest BCUT2D eigenvalue weighted by atomic mass is 10.1. The average molecular weight is 313 g/mol. The Balaban J connectivity index is 1.54. The van der Waals surface area contributed by atoms with E-state index in [1.807, 2.05) is 24.4 Å². The van der Waals surface area contributed by atoms with Crippen molar-refractivity contribution in [1.82, 2.24) is 9.88 Å². The first-order valence-electron chi connectivity index (χ1n) is 7.93. The monoisotopic (exact) mass is 313 g/mol. The van der Waals surface area contributed by atoms with Gasteiger partial charge in [-0.25, -0.2) is 4.39 Å². The van der Waals surface area contributed by atoms with Crippen LogP contribution >= 0.6 is 0 Å². The number of nitrogens with one attached hydrogen (secondary N) is 1. The highest BCUT2D eigenvalue weighted by molar-refractivity contribution is 5.90. The molecule has 5 heteroatoms. The van der Waals surface area contributed by atoms with E-state index in [0.717, 1.165) is 25.1 Å². The normalized spacial score (nSPS) is 18.0. The molecule has 1 aliphatic heterocycles. The van der Waals surface area contributed by atoms with Crippen LogP contribution in [0.15, 0.2) is 48.7 Å². The van der Waals surface area contributed by atoms with Crippen molar-refractivity contribution in [1.29, 1.82) is 0 Å². The van der Waals surface area contributed by atoms with Crippen molar-refractivity contribution in [3.05, 3.63) is 60.2 Å². The van der Waals surface area contributed by atoms with E-state index in [0.29, 0.717) is 18.7 Å². The van der Waals surface area contributed by atoms with Gasteiger partial charge in [0, 0.05) is 24.8 Å². The minimum atomic E-state index is -0.349. The molecule has 0 unspecified atom stereocenters. The van der Waals surface area contributed by atoms with Gasteiger partial charge < -0.3 is 5.32 Å². The molecule has 2 aromatic rings. The van der Waals surface area contributed by atoms with E-state index in [4.69, 9.17) is 0 Å². The predicted octanol–water partition coefficient (Wildman–Crippen LogP) is 3.39. The van der Waals surface area contributed by atoms with Gasteiger partial charge in [0.25, 0.3) is 0 Å². The van der Waals surface area contributed by atoms with Crippen molar-refractivity contribution in [2.24, 2.45) is 0 Å². The van der Waals surface area contributed by atoms with Crippen LogP contribution in [0, 0.1) is 5.82 Å². The molecule has 1 atom stereocenters. The van der Waals surface area contributed by atoms with Gasteiger partial charge in [0.15, 0.2) is 0 Å². The minimum absolute atomic E-state index is 0.0951. The maximum Gasteiger partial charge on any atom is 0.225 e. The summed E-state index contributed by atoms with van der Waals surface area (Å²) in [6, 6.07) is 12.2. The quantitative estimate of drug-likeness (QED) is 0.920. The Morgan fingerprint density at radius 3 is 3.00 bits per heavy atom. The molecular weight excluding hydrogens is 293 g/mol. The summed E-state index contributed by atoms with van der Waals surface area (Å²) >= 11 is 0. The number of amides is 1. The first kappa shape index (κ1) is 15.6. The second kappa shape index (κ2) is 7.33. The summed E-state index contributed by atoms with van der Waals surface area (Å²) in [6.07, 6.45) is 4.39. The van der Waals surface area contributed by atoms with Gasteiger partial charge in [-0.3, -0.25) is 14.7 Å². The van der Waals surface area contributed by atoms with E-state index in [9.17, 15) is 9.18 Å². The molecule has 120 valence electrons. The Morgan fingerprint density at radius 1 is 1.30 bits per heavy atom. The number of likely N-dealkylation sites (tertiary alicyclic amines) is 1. The number of benzene rings is 1. The number of nitrogens with zero attached hydrogens (tertiary/aromatic N) is 2. The number of anilines is 1. The first-order valence-corrected chi connectivity index (χ1v) is 7.93. The fraction of sp³-hybridized carbons (Fsp3) is 0.333. The highest BCUT2D eigenvalue weighted by Gasteiger charge is 2.26. The standard InChI is InChI=1S/C18H20FN3O/c19-14-5-3-6-15(13-14)21-18(23)9-12-22-11-4-8-17(22)16-7-1-2-10-20-16/h1-3,5-7,10,13,17H,4,8-9,11-12H2,(H,21,23)/t17-/m1/s1. The smallest absolute Gasteiger partial charge is 0.225 e. The molecule has 0 radical (unpaired) electrons. The van der Waals surface area contributed by atoms with Crippen molar-refractivity contribution in [3.8, 4) is 0 Å². The third-order valence-corrected chi connectivity index (χ3v) is 4.13. The third kappa shape index (κ3) is 4.13. The van der Waals surface area contributed by atoms with Gasteiger partial charge in [-0.05, 0) is 49.7 Å². The molecule has 4 nitrogen and oxygen atoms in total. The zero-order valence-corrected chi connectivity index (χ0v) is 12.9. The molecule has 1 aromatic heterocycles. The average Bonchev–Trinajstić information content (AvgIpc) is 3.02. The molecule has 1 saturated heterocycles. The number of carbonyl (C=O) groups excluding carboxylic acids is 1. The molecule has 1 aromatic carbocycles. The predicted molar refractivity (Wildman–Crippen MR) is 87.4 cm³/mol. The fourth-order valence-corrected chi connectivity index (χ4v) is 3.04. The van der Waals surface area contributed by atoms with Crippen LogP contribution in [-0.4, -0.2) is 28.9 Å².